The quantitative estimate of drug-likeness (QED) is 0.884. The summed E-state index contributed by atoms with van der Waals surface area (Å²) < 4.78 is 0. The molecule has 0 amide bonds. The highest BCUT2D eigenvalue weighted by Crippen LogP contribution is 2.25. The predicted molar refractivity (Wildman–Crippen MR) is 71.0 cm³/mol. The molecular weight excluding hydrogens is 226 g/mol. The Bertz CT molecular complexity index is 439. The predicted octanol–water partition coefficient (Wildman–Crippen LogP) is 2.29. The number of benzene rings is 1. The van der Waals surface area contributed by atoms with Gasteiger partial charge < -0.3 is 10.0 Å². The Balaban J connectivity index is 2.24. The Kier molecular flexibility index (Phi) is 4.15. The molecule has 0 bridgehead atoms. The van der Waals surface area contributed by atoms with E-state index in [1.807, 2.05) is 43.5 Å². The molecule has 1 heterocycles. The fourth-order valence-electron chi connectivity index (χ4n) is 2.34. The van der Waals surface area contributed by atoms with Gasteiger partial charge in [0.15, 0.2) is 5.78 Å². The normalized spacial score (nSPS) is 17.6. The van der Waals surface area contributed by atoms with E-state index < -0.39 is 0 Å². The molecular formula is C15H19NO2. The smallest absolute Gasteiger partial charge is 0.162 e. The Labute approximate surface area is 108 Å². The van der Waals surface area contributed by atoms with E-state index in [0.29, 0.717) is 13.0 Å². The Morgan fingerprint density at radius 2 is 2.06 bits per heavy atom. The molecule has 0 saturated carbocycles. The second-order valence-electron chi connectivity index (χ2n) is 4.53. The van der Waals surface area contributed by atoms with Gasteiger partial charge in [0.05, 0.1) is 12.6 Å². The van der Waals surface area contributed by atoms with Crippen LogP contribution in [0.2, 0.25) is 0 Å². The number of nitrogens with zero attached hydrogens (tertiary/aromatic N) is 1. The first-order valence-corrected chi connectivity index (χ1v) is 6.41. The molecule has 2 rings (SSSR count). The lowest BCUT2D eigenvalue weighted by molar-refractivity contribution is -0.116. The van der Waals surface area contributed by atoms with E-state index in [0.717, 1.165) is 17.6 Å². The highest BCUT2D eigenvalue weighted by Gasteiger charge is 2.23. The largest absolute Gasteiger partial charge is 0.394 e. The van der Waals surface area contributed by atoms with E-state index in [9.17, 15) is 9.90 Å². The first-order chi connectivity index (χ1) is 8.76. The van der Waals surface area contributed by atoms with Gasteiger partial charge in [-0.3, -0.25) is 4.79 Å². The van der Waals surface area contributed by atoms with E-state index in [4.69, 9.17) is 0 Å². The van der Waals surface area contributed by atoms with Gasteiger partial charge in [-0.25, -0.2) is 0 Å². The van der Waals surface area contributed by atoms with Gasteiger partial charge in [0.25, 0.3) is 0 Å². The highest BCUT2D eigenvalue weighted by molar-refractivity contribution is 5.95. The summed E-state index contributed by atoms with van der Waals surface area (Å²) in [6.07, 6.45) is 3.21. The number of Topliss-reactive ketones (excluding diaryl/α,β-unsaturated/α-hetero) is 1. The molecule has 0 spiro atoms. The summed E-state index contributed by atoms with van der Waals surface area (Å²) in [5.41, 5.74) is 1.94. The van der Waals surface area contributed by atoms with Gasteiger partial charge in [-0.2, -0.15) is 0 Å². The topological polar surface area (TPSA) is 40.5 Å². The van der Waals surface area contributed by atoms with E-state index >= 15 is 0 Å². The molecule has 0 aromatic heterocycles. The lowest BCUT2D eigenvalue weighted by atomic mass is 10.00. The molecule has 1 aliphatic heterocycles. The average molecular weight is 245 g/mol. The molecule has 1 aromatic rings. The van der Waals surface area contributed by atoms with Crippen molar-refractivity contribution in [1.82, 2.24) is 4.90 Å². The molecule has 0 unspecified atom stereocenters. The molecule has 1 atom stereocenters. The van der Waals surface area contributed by atoms with Crippen molar-refractivity contribution in [2.24, 2.45) is 0 Å². The maximum atomic E-state index is 11.7. The number of carbonyl (C=O) groups is 1. The van der Waals surface area contributed by atoms with Crippen molar-refractivity contribution in [3.63, 3.8) is 0 Å². The van der Waals surface area contributed by atoms with Gasteiger partial charge in [-0.05, 0) is 12.0 Å². The van der Waals surface area contributed by atoms with Crippen molar-refractivity contribution in [1.29, 1.82) is 0 Å². The number of aliphatic hydroxyl groups is 1. The summed E-state index contributed by atoms with van der Waals surface area (Å²) in [6.45, 7) is 2.73. The minimum atomic E-state index is -0.0548. The van der Waals surface area contributed by atoms with Gasteiger partial charge in [0, 0.05) is 24.7 Å². The highest BCUT2D eigenvalue weighted by atomic mass is 16.3. The second-order valence-corrected chi connectivity index (χ2v) is 4.53. The minimum Gasteiger partial charge on any atom is -0.394 e. The second kappa shape index (κ2) is 5.83. The van der Waals surface area contributed by atoms with Crippen molar-refractivity contribution >= 4 is 5.78 Å². The average Bonchev–Trinajstić information content (AvgIpc) is 2.42. The summed E-state index contributed by atoms with van der Waals surface area (Å²) >= 11 is 0. The van der Waals surface area contributed by atoms with Crippen LogP contribution < -0.4 is 0 Å². The van der Waals surface area contributed by atoms with Crippen LogP contribution in [0, 0.1) is 0 Å². The lowest BCUT2D eigenvalue weighted by Gasteiger charge is -2.33. The van der Waals surface area contributed by atoms with Crippen LogP contribution >= 0.6 is 0 Å². The molecule has 3 nitrogen and oxygen atoms in total. The van der Waals surface area contributed by atoms with Crippen LogP contribution in [0.15, 0.2) is 42.1 Å². The van der Waals surface area contributed by atoms with Crippen molar-refractivity contribution < 1.29 is 9.90 Å². The van der Waals surface area contributed by atoms with Crippen LogP contribution in [-0.2, 0) is 4.79 Å². The monoisotopic (exact) mass is 245 g/mol. The molecule has 0 radical (unpaired) electrons. The van der Waals surface area contributed by atoms with Gasteiger partial charge >= 0.3 is 0 Å². The number of ketones is 1. The number of allylic oxidation sites excluding steroid dienone is 1. The maximum Gasteiger partial charge on any atom is 0.162 e. The van der Waals surface area contributed by atoms with Crippen LogP contribution in [0.3, 0.4) is 0 Å². The number of rotatable bonds is 4. The zero-order chi connectivity index (χ0) is 13.0. The minimum absolute atomic E-state index is 0.0548. The zero-order valence-corrected chi connectivity index (χ0v) is 10.7. The first-order valence-electron chi connectivity index (χ1n) is 6.41. The van der Waals surface area contributed by atoms with Gasteiger partial charge in [-0.1, -0.05) is 37.3 Å². The fraction of sp³-hybridized carbons (Fsp3) is 0.400. The maximum absolute atomic E-state index is 11.7. The Hall–Kier alpha value is -1.61. The number of aliphatic hydroxyl groups excluding tert-OH is 1. The molecule has 3 heteroatoms. The fourth-order valence-corrected chi connectivity index (χ4v) is 2.34. The summed E-state index contributed by atoms with van der Waals surface area (Å²) in [5, 5.41) is 9.60. The molecule has 0 saturated heterocycles. The first kappa shape index (κ1) is 12.8. The lowest BCUT2D eigenvalue weighted by Crippen LogP contribution is -2.33. The molecule has 0 aliphatic carbocycles. The molecule has 1 N–H and O–H groups in total. The standard InChI is InChI=1S/C15H19NO2/c1-2-12-10-16(9-8-15(12)18)14(11-17)13-6-4-3-5-7-13/h3-7,10,14,17H,2,8-9,11H2,1H3/t14-/m1/s1. The van der Waals surface area contributed by atoms with Crippen molar-refractivity contribution in [3.05, 3.63) is 47.7 Å². The third-order valence-corrected chi connectivity index (χ3v) is 3.42. The molecule has 1 aliphatic rings. The van der Waals surface area contributed by atoms with E-state index in [2.05, 4.69) is 4.90 Å². The summed E-state index contributed by atoms with van der Waals surface area (Å²) in [4.78, 5) is 13.7. The Morgan fingerprint density at radius 3 is 2.67 bits per heavy atom. The van der Waals surface area contributed by atoms with Crippen molar-refractivity contribution in [2.45, 2.75) is 25.8 Å². The van der Waals surface area contributed by atoms with Crippen molar-refractivity contribution in [2.75, 3.05) is 13.2 Å². The van der Waals surface area contributed by atoms with E-state index in [1.54, 1.807) is 0 Å². The van der Waals surface area contributed by atoms with Crippen LogP contribution in [-0.4, -0.2) is 28.9 Å². The van der Waals surface area contributed by atoms with Crippen LogP contribution in [0.25, 0.3) is 0 Å². The third-order valence-electron chi connectivity index (χ3n) is 3.42. The van der Waals surface area contributed by atoms with Crippen LogP contribution in [0.5, 0.6) is 0 Å². The molecule has 96 valence electrons. The number of carbonyl (C=O) groups excluding carboxylic acids is 1. The van der Waals surface area contributed by atoms with Crippen LogP contribution in [0.4, 0.5) is 0 Å². The number of hydrogen-bond donors (Lipinski definition) is 1. The van der Waals surface area contributed by atoms with Crippen LogP contribution in [0.1, 0.15) is 31.4 Å². The summed E-state index contributed by atoms with van der Waals surface area (Å²) in [6, 6.07) is 9.87. The van der Waals surface area contributed by atoms with E-state index in [-0.39, 0.29) is 18.4 Å². The van der Waals surface area contributed by atoms with Gasteiger partial charge in [0.1, 0.15) is 0 Å². The third kappa shape index (κ3) is 2.62. The van der Waals surface area contributed by atoms with E-state index in [1.165, 1.54) is 0 Å². The Morgan fingerprint density at radius 1 is 1.33 bits per heavy atom. The molecule has 1 aromatic carbocycles. The summed E-state index contributed by atoms with van der Waals surface area (Å²) in [7, 11) is 0. The van der Waals surface area contributed by atoms with Gasteiger partial charge in [-0.15, -0.1) is 0 Å². The number of hydrogen-bond acceptors (Lipinski definition) is 3. The van der Waals surface area contributed by atoms with Crippen molar-refractivity contribution in [3.8, 4) is 0 Å². The SMILES string of the molecule is CCC1=CN([C@H](CO)c2ccccc2)CCC1=O. The summed E-state index contributed by atoms with van der Waals surface area (Å²) in [5.74, 6) is 0.235. The zero-order valence-electron chi connectivity index (χ0n) is 10.7. The molecule has 0 fully saturated rings. The van der Waals surface area contributed by atoms with Gasteiger partial charge in [0.2, 0.25) is 0 Å². The molecule has 18 heavy (non-hydrogen) atoms.